The second kappa shape index (κ2) is 24.2. The summed E-state index contributed by atoms with van der Waals surface area (Å²) in [7, 11) is -7.23. The molecule has 2 aromatic rings. The second-order valence-corrected chi connectivity index (χ2v) is 24.5. The number of pyridine rings is 2. The molecule has 6 aliphatic rings. The van der Waals surface area contributed by atoms with Crippen LogP contribution in [-0.4, -0.2) is 162 Å². The van der Waals surface area contributed by atoms with Crippen LogP contribution in [0.5, 0.6) is 0 Å². The minimum Gasteiger partial charge on any atom is -0.426 e. The fourth-order valence-corrected chi connectivity index (χ4v) is 12.8. The number of aryl methyl sites for hydroxylation is 2. The van der Waals surface area contributed by atoms with Crippen LogP contribution >= 0.6 is 0 Å². The molecular weight excluding hydrogens is 1110 g/mol. The quantitative estimate of drug-likeness (QED) is 0.161. The molecule has 4 saturated heterocycles. The normalized spacial score (nSPS) is 20.3. The van der Waals surface area contributed by atoms with Crippen molar-refractivity contribution in [2.24, 2.45) is 0 Å². The third-order valence-corrected chi connectivity index (χ3v) is 18.4. The van der Waals surface area contributed by atoms with Crippen LogP contribution in [0.15, 0.2) is 24.3 Å². The zero-order chi connectivity index (χ0) is 57.9. The zero-order valence-electron chi connectivity index (χ0n) is 42.5. The van der Waals surface area contributed by atoms with E-state index in [9.17, 15) is 83.9 Å². The summed E-state index contributed by atoms with van der Waals surface area (Å²) in [6.45, 7) is 8.39. The number of carbonyl (C=O) groups excluding carboxylic acids is 3. The molecule has 440 valence electrons. The van der Waals surface area contributed by atoms with E-state index in [0.29, 0.717) is 80.7 Å². The smallest absolute Gasteiger partial charge is 0.426 e. The average molecular weight is 1180 g/mol. The van der Waals surface area contributed by atoms with Crippen molar-refractivity contribution in [2.45, 2.75) is 175 Å². The Balaban J connectivity index is 0.000000223. The van der Waals surface area contributed by atoms with Crippen LogP contribution in [0.3, 0.4) is 0 Å². The van der Waals surface area contributed by atoms with Gasteiger partial charge in [-0.1, -0.05) is 12.1 Å². The summed E-state index contributed by atoms with van der Waals surface area (Å²) >= 11 is 0. The Labute approximate surface area is 442 Å². The molecule has 0 bridgehead atoms. The Morgan fingerprint density at radius 3 is 1.36 bits per heavy atom. The Morgan fingerprint density at radius 1 is 0.628 bits per heavy atom. The molecule has 0 aromatic carbocycles. The van der Waals surface area contributed by atoms with Gasteiger partial charge in [-0.15, -0.1) is 0 Å². The first-order chi connectivity index (χ1) is 36.0. The fraction of sp³-hybridized carbons (Fsp3) is 0.723. The number of ether oxygens (including phenoxy) is 1. The van der Waals surface area contributed by atoms with E-state index >= 15 is 0 Å². The van der Waals surface area contributed by atoms with Gasteiger partial charge in [0.25, 0.3) is 6.10 Å². The molecule has 31 heteroatoms. The molecule has 0 atom stereocenters. The number of likely N-dealkylation sites (tertiary alicyclic amines) is 3. The standard InChI is InChI=1S/C24H30F6N4O5S.C20H30N4O3S.C3H2F6O/c1-15-3-4-16(18(31-15)13-19(35)32-40(37,38)17-5-6-17)14-34-10-2-7-22(34)8-11-33(12-9-22)21(36)39-20(23(25,26)27)24(28,29)30;1-15-3-4-16(14-24-12-2-7-20(24)8-10-21-11-9-20)18(22-15)13-19(25)23-28(26,27)17-5-6-17;4-2(5,6)1(10)3(7,8)9/h3-4,17,20H,2,5-14H2,1H3,(H,32,35);3-4,17,21H,2,5-14H2,1H3,(H,23,25);1,10H. The van der Waals surface area contributed by atoms with E-state index in [2.05, 4.69) is 39.3 Å². The van der Waals surface area contributed by atoms with Crippen molar-refractivity contribution in [3.63, 3.8) is 0 Å². The largest absolute Gasteiger partial charge is 0.434 e. The number of hydrogen-bond acceptors (Lipinski definition) is 14. The maximum absolute atomic E-state index is 12.8. The van der Waals surface area contributed by atoms with Gasteiger partial charge in [0.1, 0.15) is 0 Å². The molecule has 0 unspecified atom stereocenters. The number of alkyl halides is 12. The molecule has 4 N–H and O–H groups in total. The number of nitrogens with zero attached hydrogens (tertiary/aromatic N) is 5. The lowest BCUT2D eigenvalue weighted by Gasteiger charge is -2.45. The summed E-state index contributed by atoms with van der Waals surface area (Å²) in [5, 5.41) is 9.97. The minimum atomic E-state index is -5.79. The lowest BCUT2D eigenvalue weighted by Crippen LogP contribution is -2.54. The van der Waals surface area contributed by atoms with Gasteiger partial charge in [0.2, 0.25) is 38.0 Å². The molecule has 2 aliphatic carbocycles. The van der Waals surface area contributed by atoms with Gasteiger partial charge >= 0.3 is 30.8 Å². The van der Waals surface area contributed by atoms with Gasteiger partial charge in [-0.25, -0.2) is 21.6 Å². The molecular formula is C47H62F12N8O9S2. The third-order valence-electron chi connectivity index (χ3n) is 14.6. The molecule has 0 radical (unpaired) electrons. The summed E-state index contributed by atoms with van der Waals surface area (Å²) in [6, 6.07) is 7.58. The summed E-state index contributed by atoms with van der Waals surface area (Å²) in [5.41, 5.74) is 4.12. The highest BCUT2D eigenvalue weighted by molar-refractivity contribution is 7.91. The Morgan fingerprint density at radius 2 is 1.01 bits per heavy atom. The summed E-state index contributed by atoms with van der Waals surface area (Å²) < 4.78 is 199. The molecule has 3 amide bonds. The highest BCUT2D eigenvalue weighted by Gasteiger charge is 2.61. The van der Waals surface area contributed by atoms with E-state index in [1.807, 2.05) is 19.1 Å². The van der Waals surface area contributed by atoms with Crippen LogP contribution in [0, 0.1) is 13.8 Å². The van der Waals surface area contributed by atoms with Gasteiger partial charge < -0.3 is 20.1 Å². The molecule has 6 heterocycles. The van der Waals surface area contributed by atoms with E-state index in [1.165, 1.54) is 12.8 Å². The van der Waals surface area contributed by atoms with Crippen LogP contribution in [-0.2, 0) is 60.3 Å². The molecule has 78 heavy (non-hydrogen) atoms. The number of rotatable bonds is 13. The first-order valence-corrected chi connectivity index (χ1v) is 28.2. The van der Waals surface area contributed by atoms with Gasteiger partial charge in [-0.3, -0.25) is 38.8 Å². The van der Waals surface area contributed by atoms with Crippen molar-refractivity contribution in [1.82, 2.24) is 39.4 Å². The summed E-state index contributed by atoms with van der Waals surface area (Å²) in [4.78, 5) is 51.7. The van der Waals surface area contributed by atoms with E-state index in [-0.39, 0.29) is 31.5 Å². The van der Waals surface area contributed by atoms with E-state index in [4.69, 9.17) is 5.11 Å². The van der Waals surface area contributed by atoms with Gasteiger partial charge in [0.05, 0.1) is 34.7 Å². The predicted octanol–water partition coefficient (Wildman–Crippen LogP) is 6.33. The van der Waals surface area contributed by atoms with Gasteiger partial charge in [-0.2, -0.15) is 52.7 Å². The maximum Gasteiger partial charge on any atom is 0.434 e. The lowest BCUT2D eigenvalue weighted by molar-refractivity contribution is -0.309. The topological polar surface area (TPSA) is 221 Å². The number of sulfonamides is 2. The Bertz CT molecular complexity index is 2650. The average Bonchev–Trinajstić information content (AvgIpc) is 4.28. The zero-order valence-corrected chi connectivity index (χ0v) is 44.1. The monoisotopic (exact) mass is 1170 g/mol. The maximum atomic E-state index is 12.8. The number of piperidine rings is 2. The molecule has 4 aliphatic heterocycles. The van der Waals surface area contributed by atoms with Crippen molar-refractivity contribution in [3.05, 3.63) is 58.2 Å². The van der Waals surface area contributed by atoms with Crippen molar-refractivity contribution in [1.29, 1.82) is 0 Å². The Kier molecular flexibility index (Phi) is 19.5. The highest BCUT2D eigenvalue weighted by atomic mass is 32.2. The molecule has 8 rings (SSSR count). The third kappa shape index (κ3) is 16.7. The number of amides is 3. The van der Waals surface area contributed by atoms with E-state index in [1.54, 1.807) is 19.1 Å². The number of halogens is 12. The van der Waals surface area contributed by atoms with Crippen LogP contribution in [0.2, 0.25) is 0 Å². The van der Waals surface area contributed by atoms with Crippen molar-refractivity contribution < 1.29 is 93.7 Å². The first-order valence-electron chi connectivity index (χ1n) is 25.1. The van der Waals surface area contributed by atoms with Gasteiger partial charge in [-0.05, 0) is 140 Å². The predicted molar refractivity (Wildman–Crippen MR) is 254 cm³/mol. The van der Waals surface area contributed by atoms with Crippen molar-refractivity contribution in [2.75, 3.05) is 39.3 Å². The van der Waals surface area contributed by atoms with Crippen molar-refractivity contribution >= 4 is 38.0 Å². The SMILES string of the molecule is Cc1ccc(CN2CCCC23CCN(C(=O)OC(C(F)(F)F)C(F)(F)F)CC3)c(CC(=O)NS(=O)(=O)C2CC2)n1.Cc1ccc(CN2CCCC23CCNCC3)c(CC(=O)NS(=O)(=O)C2CC2)n1.OC(C(F)(F)F)C(F)(F)F. The number of aromatic nitrogens is 2. The highest BCUT2D eigenvalue weighted by Crippen LogP contribution is 2.42. The molecule has 2 aromatic heterocycles. The van der Waals surface area contributed by atoms with Crippen LogP contribution in [0.4, 0.5) is 57.5 Å². The number of hydrogen-bond donors (Lipinski definition) is 4. The fourth-order valence-electron chi connectivity index (χ4n) is 10.2. The van der Waals surface area contributed by atoms with E-state index in [0.717, 1.165) is 61.6 Å². The molecule has 2 saturated carbocycles. The summed E-state index contributed by atoms with van der Waals surface area (Å²) in [6.07, 6.45) is -24.0. The van der Waals surface area contributed by atoms with Crippen LogP contribution in [0.25, 0.3) is 0 Å². The summed E-state index contributed by atoms with van der Waals surface area (Å²) in [5.74, 6) is -1.17. The first kappa shape index (κ1) is 62.6. The van der Waals surface area contributed by atoms with Crippen molar-refractivity contribution in [3.8, 4) is 0 Å². The van der Waals surface area contributed by atoms with Crippen LogP contribution < -0.4 is 14.8 Å². The van der Waals surface area contributed by atoms with Gasteiger partial charge in [0.15, 0.2) is 0 Å². The second-order valence-electron chi connectivity index (χ2n) is 20.6. The van der Waals surface area contributed by atoms with Gasteiger partial charge in [0, 0.05) is 48.6 Å². The Hall–Kier alpha value is -4.59. The van der Waals surface area contributed by atoms with Crippen LogP contribution in [0.1, 0.15) is 111 Å². The molecule has 6 fully saturated rings. The van der Waals surface area contributed by atoms with E-state index < -0.39 is 90.9 Å². The number of aliphatic hydroxyl groups is 1. The number of nitrogens with one attached hydrogen (secondary N) is 3. The minimum absolute atomic E-state index is 0.00532. The number of carbonyl (C=O) groups is 3. The molecule has 17 nitrogen and oxygen atoms in total. The lowest BCUT2D eigenvalue weighted by atomic mass is 9.84. The molecule has 2 spiro atoms. The number of aliphatic hydroxyl groups excluding tert-OH is 1.